The molecule has 2 rings (SSSR count). The van der Waals surface area contributed by atoms with E-state index in [1.165, 1.54) is 18.2 Å². The van der Waals surface area contributed by atoms with E-state index in [2.05, 4.69) is 15.9 Å². The van der Waals surface area contributed by atoms with Gasteiger partial charge in [0.25, 0.3) is 10.0 Å². The van der Waals surface area contributed by atoms with Crippen LogP contribution in [0, 0.1) is 0 Å². The van der Waals surface area contributed by atoms with Crippen molar-refractivity contribution in [3.63, 3.8) is 0 Å². The van der Waals surface area contributed by atoms with Crippen molar-refractivity contribution in [3.8, 4) is 0 Å². The zero-order valence-corrected chi connectivity index (χ0v) is 15.0. The average molecular weight is 423 g/mol. The number of nitrogens with zero attached hydrogens (tertiary/aromatic N) is 1. The molecule has 116 valence electrons. The second-order valence-corrected chi connectivity index (χ2v) is 7.88. The highest BCUT2D eigenvalue weighted by Crippen LogP contribution is 2.30. The van der Waals surface area contributed by atoms with Gasteiger partial charge in [0.15, 0.2) is 0 Å². The maximum absolute atomic E-state index is 12.8. The van der Waals surface area contributed by atoms with E-state index in [9.17, 15) is 13.2 Å². The Labute approximate surface area is 146 Å². The summed E-state index contributed by atoms with van der Waals surface area (Å²) in [5, 5.41) is -0.596. The van der Waals surface area contributed by atoms with Gasteiger partial charge in [0.2, 0.25) is 5.24 Å². The lowest BCUT2D eigenvalue weighted by molar-refractivity contribution is -0.110. The van der Waals surface area contributed by atoms with Crippen LogP contribution in [0.2, 0.25) is 5.02 Å². The fourth-order valence-electron chi connectivity index (χ4n) is 1.80. The van der Waals surface area contributed by atoms with E-state index in [4.69, 9.17) is 23.2 Å². The summed E-state index contributed by atoms with van der Waals surface area (Å²) < 4.78 is 27.2. The molecule has 0 spiro atoms. The van der Waals surface area contributed by atoms with Gasteiger partial charge in [-0.2, -0.15) is 0 Å². The number of benzene rings is 2. The highest BCUT2D eigenvalue weighted by Gasteiger charge is 2.28. The Kier molecular flexibility index (Phi) is 5.50. The standard InChI is InChI=1S/C14H10BrCl2NO3S/c15-10-5-7-11(8-6-10)22(20,21)18(9-14(17)19)13-4-2-1-3-12(13)16/h1-8H,9H2. The summed E-state index contributed by atoms with van der Waals surface area (Å²) >= 11 is 14.7. The van der Waals surface area contributed by atoms with Crippen LogP contribution in [-0.2, 0) is 14.8 Å². The molecular weight excluding hydrogens is 413 g/mol. The van der Waals surface area contributed by atoms with Crippen LogP contribution >= 0.6 is 39.1 Å². The van der Waals surface area contributed by atoms with Gasteiger partial charge in [0, 0.05) is 4.47 Å². The summed E-state index contributed by atoms with van der Waals surface area (Å²) in [5.41, 5.74) is 0.195. The Bertz CT molecular complexity index is 794. The van der Waals surface area contributed by atoms with Gasteiger partial charge in [-0.05, 0) is 48.0 Å². The predicted octanol–water partition coefficient (Wildman–Crippen LogP) is 4.06. The predicted molar refractivity (Wildman–Crippen MR) is 91.0 cm³/mol. The van der Waals surface area contributed by atoms with Crippen LogP contribution < -0.4 is 4.31 Å². The first kappa shape index (κ1) is 17.3. The third-order valence-corrected chi connectivity index (χ3v) is 5.53. The molecule has 0 atom stereocenters. The van der Waals surface area contributed by atoms with E-state index in [1.807, 2.05) is 0 Å². The van der Waals surface area contributed by atoms with Gasteiger partial charge in [-0.3, -0.25) is 9.10 Å². The van der Waals surface area contributed by atoms with Gasteiger partial charge in [-0.25, -0.2) is 8.42 Å². The minimum absolute atomic E-state index is 0.0357. The molecule has 0 aromatic heterocycles. The molecule has 2 aromatic carbocycles. The van der Waals surface area contributed by atoms with Crippen molar-refractivity contribution >= 4 is 60.1 Å². The van der Waals surface area contributed by atoms with Crippen LogP contribution in [0.5, 0.6) is 0 Å². The van der Waals surface area contributed by atoms with Crippen molar-refractivity contribution in [2.45, 2.75) is 4.90 Å². The molecule has 0 fully saturated rings. The molecule has 0 aliphatic rings. The molecule has 0 saturated heterocycles. The minimum Gasteiger partial charge on any atom is -0.279 e. The van der Waals surface area contributed by atoms with E-state index in [0.717, 1.165) is 8.78 Å². The molecule has 0 aliphatic carbocycles. The molecule has 0 radical (unpaired) electrons. The van der Waals surface area contributed by atoms with Gasteiger partial charge < -0.3 is 0 Å². The highest BCUT2D eigenvalue weighted by molar-refractivity contribution is 9.10. The Balaban J connectivity index is 2.56. The minimum atomic E-state index is -3.97. The monoisotopic (exact) mass is 421 g/mol. The lowest BCUT2D eigenvalue weighted by Gasteiger charge is -2.23. The first-order valence-electron chi connectivity index (χ1n) is 6.03. The smallest absolute Gasteiger partial charge is 0.264 e. The van der Waals surface area contributed by atoms with Crippen LogP contribution in [0.4, 0.5) is 5.69 Å². The van der Waals surface area contributed by atoms with Crippen LogP contribution in [0.25, 0.3) is 0 Å². The molecule has 0 amide bonds. The molecule has 4 nitrogen and oxygen atoms in total. The largest absolute Gasteiger partial charge is 0.279 e. The van der Waals surface area contributed by atoms with Crippen molar-refractivity contribution in [2.24, 2.45) is 0 Å². The average Bonchev–Trinajstić information content (AvgIpc) is 2.46. The molecule has 2 aromatic rings. The number of sulfonamides is 1. The number of carbonyl (C=O) groups is 1. The molecule has 8 heteroatoms. The van der Waals surface area contributed by atoms with E-state index in [-0.39, 0.29) is 15.6 Å². The third kappa shape index (κ3) is 3.81. The topological polar surface area (TPSA) is 54.5 Å². The second kappa shape index (κ2) is 7.00. The molecule has 0 bridgehead atoms. The highest BCUT2D eigenvalue weighted by atomic mass is 79.9. The Morgan fingerprint density at radius 2 is 1.68 bits per heavy atom. The summed E-state index contributed by atoms with van der Waals surface area (Å²) in [7, 11) is -3.97. The lowest BCUT2D eigenvalue weighted by atomic mass is 10.3. The third-order valence-electron chi connectivity index (χ3n) is 2.79. The zero-order chi connectivity index (χ0) is 16.3. The van der Waals surface area contributed by atoms with Gasteiger partial charge in [0.05, 0.1) is 15.6 Å². The fraction of sp³-hybridized carbons (Fsp3) is 0.0714. The Morgan fingerprint density at radius 1 is 1.09 bits per heavy atom. The van der Waals surface area contributed by atoms with Crippen molar-refractivity contribution < 1.29 is 13.2 Å². The maximum atomic E-state index is 12.8. The maximum Gasteiger partial charge on any atom is 0.264 e. The molecule has 0 unspecified atom stereocenters. The van der Waals surface area contributed by atoms with Crippen LogP contribution in [0.15, 0.2) is 57.9 Å². The van der Waals surface area contributed by atoms with Crippen molar-refractivity contribution in [2.75, 3.05) is 10.8 Å². The molecule has 0 saturated carbocycles. The normalized spacial score (nSPS) is 11.2. The SMILES string of the molecule is O=C(Cl)CN(c1ccccc1Cl)S(=O)(=O)c1ccc(Br)cc1. The number of halogens is 3. The fourth-order valence-corrected chi connectivity index (χ4v) is 3.98. The van der Waals surface area contributed by atoms with Gasteiger partial charge in [-0.1, -0.05) is 39.7 Å². The quantitative estimate of drug-likeness (QED) is 0.682. The second-order valence-electron chi connectivity index (χ2n) is 4.27. The molecule has 0 N–H and O–H groups in total. The van der Waals surface area contributed by atoms with Gasteiger partial charge in [-0.15, -0.1) is 0 Å². The lowest BCUT2D eigenvalue weighted by Crippen LogP contribution is -2.34. The Morgan fingerprint density at radius 3 is 2.23 bits per heavy atom. The van der Waals surface area contributed by atoms with Crippen LogP contribution in [0.3, 0.4) is 0 Å². The zero-order valence-electron chi connectivity index (χ0n) is 11.0. The number of para-hydroxylation sites is 1. The first-order valence-corrected chi connectivity index (χ1v) is 9.02. The number of carbonyl (C=O) groups excluding carboxylic acids is 1. The summed E-state index contributed by atoms with van der Waals surface area (Å²) in [6.45, 7) is -0.510. The summed E-state index contributed by atoms with van der Waals surface area (Å²) in [6, 6.07) is 12.4. The molecular formula is C14H10BrCl2NO3S. The van der Waals surface area contributed by atoms with Crippen LogP contribution in [-0.4, -0.2) is 20.2 Å². The van der Waals surface area contributed by atoms with Crippen LogP contribution in [0.1, 0.15) is 0 Å². The molecule has 0 aliphatic heterocycles. The number of anilines is 1. The van der Waals surface area contributed by atoms with Gasteiger partial charge in [0.1, 0.15) is 6.54 Å². The molecule has 0 heterocycles. The van der Waals surface area contributed by atoms with E-state index >= 15 is 0 Å². The van der Waals surface area contributed by atoms with Crippen molar-refractivity contribution in [1.82, 2.24) is 0 Å². The first-order chi connectivity index (χ1) is 10.3. The van der Waals surface area contributed by atoms with E-state index in [1.54, 1.807) is 30.3 Å². The number of hydrogen-bond donors (Lipinski definition) is 0. The molecule has 22 heavy (non-hydrogen) atoms. The number of hydrogen-bond acceptors (Lipinski definition) is 3. The van der Waals surface area contributed by atoms with Gasteiger partial charge >= 0.3 is 0 Å². The summed E-state index contributed by atoms with van der Waals surface area (Å²) in [4.78, 5) is 11.3. The van der Waals surface area contributed by atoms with E-state index < -0.39 is 21.8 Å². The van der Waals surface area contributed by atoms with Crippen molar-refractivity contribution in [3.05, 3.63) is 58.0 Å². The Hall–Kier alpha value is -1.08. The number of rotatable bonds is 5. The van der Waals surface area contributed by atoms with E-state index in [0.29, 0.717) is 0 Å². The van der Waals surface area contributed by atoms with Crippen molar-refractivity contribution in [1.29, 1.82) is 0 Å². The summed E-state index contributed by atoms with van der Waals surface area (Å²) in [5.74, 6) is 0. The summed E-state index contributed by atoms with van der Waals surface area (Å²) in [6.07, 6.45) is 0.